The number of hydrogen-bond donors (Lipinski definition) is 2. The number of aromatic amines is 1. The van der Waals surface area contributed by atoms with Gasteiger partial charge in [-0.25, -0.2) is 0 Å². The second-order valence-electron chi connectivity index (χ2n) is 6.52. The first-order valence-electron chi connectivity index (χ1n) is 8.28. The number of nitrogens with zero attached hydrogens (tertiary/aromatic N) is 2. The van der Waals surface area contributed by atoms with E-state index in [9.17, 15) is 9.90 Å². The molecular weight excluding hydrogens is 290 g/mol. The molecule has 5 heteroatoms. The predicted octanol–water partition coefficient (Wildman–Crippen LogP) is 1.54. The number of carbonyl (C=O) groups excluding carboxylic acids is 1. The molecule has 1 amide bonds. The fourth-order valence-corrected chi connectivity index (χ4v) is 3.42. The van der Waals surface area contributed by atoms with Crippen LogP contribution in [0.4, 0.5) is 0 Å². The number of aliphatic hydroxyl groups excluding tert-OH is 1. The lowest BCUT2D eigenvalue weighted by Crippen LogP contribution is -2.50. The number of β-amino-alcohol motifs (C(OH)–C–C–N with tert-alkyl or cyclic N) is 1. The Hall–Kier alpha value is -1.85. The van der Waals surface area contributed by atoms with Crippen molar-refractivity contribution in [2.75, 3.05) is 32.7 Å². The number of nitrogens with one attached hydrogen (secondary N) is 1. The van der Waals surface area contributed by atoms with Gasteiger partial charge in [-0.2, -0.15) is 0 Å². The molecule has 1 aromatic heterocycles. The topological polar surface area (TPSA) is 59.6 Å². The summed E-state index contributed by atoms with van der Waals surface area (Å²) >= 11 is 0. The predicted molar refractivity (Wildman–Crippen MR) is 91.4 cm³/mol. The van der Waals surface area contributed by atoms with E-state index in [1.165, 1.54) is 10.9 Å². The highest BCUT2D eigenvalue weighted by Crippen LogP contribution is 2.23. The number of aromatic nitrogens is 1. The second-order valence-corrected chi connectivity index (χ2v) is 6.52. The average Bonchev–Trinajstić information content (AvgIpc) is 2.92. The molecule has 2 heterocycles. The first-order chi connectivity index (χ1) is 11.0. The van der Waals surface area contributed by atoms with E-state index in [0.29, 0.717) is 13.0 Å². The van der Waals surface area contributed by atoms with Crippen LogP contribution < -0.4 is 0 Å². The van der Waals surface area contributed by atoms with Gasteiger partial charge in [0.15, 0.2) is 0 Å². The first-order valence-corrected chi connectivity index (χ1v) is 8.28. The third-order valence-electron chi connectivity index (χ3n) is 4.58. The Kier molecular flexibility index (Phi) is 4.68. The normalized spacial score (nSPS) is 17.6. The van der Waals surface area contributed by atoms with Crippen LogP contribution in [0.1, 0.15) is 18.1 Å². The van der Waals surface area contributed by atoms with Gasteiger partial charge in [0.2, 0.25) is 5.91 Å². The van der Waals surface area contributed by atoms with E-state index < -0.39 is 0 Å². The lowest BCUT2D eigenvalue weighted by atomic mass is 10.0. The highest BCUT2D eigenvalue weighted by Gasteiger charge is 2.22. The van der Waals surface area contributed by atoms with Gasteiger partial charge in [0, 0.05) is 49.8 Å². The SMILES string of the molecule is Cc1cccc2[nH]cc(CC(=O)N3CCN(C[C@@H](C)O)CC3)c12. The van der Waals surface area contributed by atoms with Crippen molar-refractivity contribution in [2.45, 2.75) is 26.4 Å². The lowest BCUT2D eigenvalue weighted by molar-refractivity contribution is -0.132. The van der Waals surface area contributed by atoms with Crippen molar-refractivity contribution >= 4 is 16.8 Å². The van der Waals surface area contributed by atoms with E-state index in [-0.39, 0.29) is 12.0 Å². The van der Waals surface area contributed by atoms with Crippen LogP contribution in [0, 0.1) is 6.92 Å². The first kappa shape index (κ1) is 16.0. The summed E-state index contributed by atoms with van der Waals surface area (Å²) in [5, 5.41) is 10.6. The fraction of sp³-hybridized carbons (Fsp3) is 0.500. The molecule has 1 atom stereocenters. The quantitative estimate of drug-likeness (QED) is 0.900. The molecular formula is C18H25N3O2. The molecule has 0 saturated carbocycles. The summed E-state index contributed by atoms with van der Waals surface area (Å²) < 4.78 is 0. The molecule has 0 bridgehead atoms. The lowest BCUT2D eigenvalue weighted by Gasteiger charge is -2.35. The van der Waals surface area contributed by atoms with Gasteiger partial charge in [-0.3, -0.25) is 9.69 Å². The van der Waals surface area contributed by atoms with Crippen molar-refractivity contribution < 1.29 is 9.90 Å². The van der Waals surface area contributed by atoms with Crippen molar-refractivity contribution in [3.8, 4) is 0 Å². The van der Waals surface area contributed by atoms with Crippen LogP contribution in [0.15, 0.2) is 24.4 Å². The molecule has 1 aliphatic rings. The summed E-state index contributed by atoms with van der Waals surface area (Å²) in [7, 11) is 0. The second kappa shape index (κ2) is 6.72. The molecule has 1 fully saturated rings. The number of benzene rings is 1. The van der Waals surface area contributed by atoms with Crippen LogP contribution in [-0.2, 0) is 11.2 Å². The van der Waals surface area contributed by atoms with Crippen LogP contribution in [0.25, 0.3) is 10.9 Å². The number of hydrogen-bond acceptors (Lipinski definition) is 3. The van der Waals surface area contributed by atoms with Crippen LogP contribution in [0.3, 0.4) is 0 Å². The van der Waals surface area contributed by atoms with Gasteiger partial charge in [0.05, 0.1) is 12.5 Å². The summed E-state index contributed by atoms with van der Waals surface area (Å²) in [5.74, 6) is 0.186. The van der Waals surface area contributed by atoms with Crippen LogP contribution >= 0.6 is 0 Å². The zero-order valence-corrected chi connectivity index (χ0v) is 13.9. The van der Waals surface area contributed by atoms with Crippen LogP contribution in [-0.4, -0.2) is 64.6 Å². The van der Waals surface area contributed by atoms with Crippen molar-refractivity contribution in [3.05, 3.63) is 35.5 Å². The summed E-state index contributed by atoms with van der Waals surface area (Å²) in [5.41, 5.74) is 3.37. The maximum Gasteiger partial charge on any atom is 0.227 e. The standard InChI is InChI=1S/C18H25N3O2/c1-13-4-3-5-16-18(13)15(11-19-16)10-17(23)21-8-6-20(7-9-21)12-14(2)22/h3-5,11,14,19,22H,6-10,12H2,1-2H3/t14-/m1/s1. The molecule has 2 N–H and O–H groups in total. The summed E-state index contributed by atoms with van der Waals surface area (Å²) in [4.78, 5) is 20.0. The highest BCUT2D eigenvalue weighted by atomic mass is 16.3. The van der Waals surface area contributed by atoms with E-state index in [0.717, 1.165) is 37.3 Å². The van der Waals surface area contributed by atoms with Crippen molar-refractivity contribution in [1.29, 1.82) is 0 Å². The molecule has 2 aromatic rings. The molecule has 0 spiro atoms. The van der Waals surface area contributed by atoms with Crippen molar-refractivity contribution in [1.82, 2.24) is 14.8 Å². The summed E-state index contributed by atoms with van der Waals surface area (Å²) in [6.07, 6.45) is 2.09. The molecule has 5 nitrogen and oxygen atoms in total. The number of piperazine rings is 1. The molecule has 23 heavy (non-hydrogen) atoms. The van der Waals surface area contributed by atoms with Gasteiger partial charge in [0.1, 0.15) is 0 Å². The number of aryl methyl sites for hydroxylation is 1. The molecule has 3 rings (SSSR count). The smallest absolute Gasteiger partial charge is 0.227 e. The van der Waals surface area contributed by atoms with Crippen molar-refractivity contribution in [3.63, 3.8) is 0 Å². The largest absolute Gasteiger partial charge is 0.392 e. The Morgan fingerprint density at radius 1 is 1.30 bits per heavy atom. The number of fused-ring (bicyclic) bond motifs is 1. The van der Waals surface area contributed by atoms with Gasteiger partial charge < -0.3 is 15.0 Å². The van der Waals surface area contributed by atoms with E-state index >= 15 is 0 Å². The van der Waals surface area contributed by atoms with Crippen LogP contribution in [0.5, 0.6) is 0 Å². The Morgan fingerprint density at radius 2 is 2.04 bits per heavy atom. The Balaban J connectivity index is 1.63. The minimum absolute atomic E-state index is 0.186. The molecule has 1 aliphatic heterocycles. The minimum atomic E-state index is -0.313. The van der Waals surface area contributed by atoms with Gasteiger partial charge in [-0.1, -0.05) is 12.1 Å². The molecule has 124 valence electrons. The van der Waals surface area contributed by atoms with Gasteiger partial charge in [-0.15, -0.1) is 0 Å². The number of carbonyl (C=O) groups is 1. The number of aliphatic hydroxyl groups is 1. The molecule has 0 aliphatic carbocycles. The molecule has 0 unspecified atom stereocenters. The summed E-state index contributed by atoms with van der Waals surface area (Å²) in [6, 6.07) is 6.16. The monoisotopic (exact) mass is 315 g/mol. The van der Waals surface area contributed by atoms with Gasteiger partial charge in [0.25, 0.3) is 0 Å². The maximum atomic E-state index is 12.6. The minimum Gasteiger partial charge on any atom is -0.392 e. The molecule has 1 aromatic carbocycles. The zero-order chi connectivity index (χ0) is 16.4. The number of H-pyrrole nitrogens is 1. The van der Waals surface area contributed by atoms with Crippen LogP contribution in [0.2, 0.25) is 0 Å². The summed E-state index contributed by atoms with van der Waals surface area (Å²) in [6.45, 7) is 7.73. The highest BCUT2D eigenvalue weighted by molar-refractivity contribution is 5.91. The van der Waals surface area contributed by atoms with E-state index in [1.807, 2.05) is 23.2 Å². The molecule has 1 saturated heterocycles. The number of rotatable bonds is 4. The maximum absolute atomic E-state index is 12.6. The van der Waals surface area contributed by atoms with Crippen molar-refractivity contribution in [2.24, 2.45) is 0 Å². The Bertz CT molecular complexity index is 685. The average molecular weight is 315 g/mol. The number of amides is 1. The van der Waals surface area contributed by atoms with Gasteiger partial charge >= 0.3 is 0 Å². The fourth-order valence-electron chi connectivity index (χ4n) is 3.42. The Morgan fingerprint density at radius 3 is 2.74 bits per heavy atom. The third kappa shape index (κ3) is 3.57. The van der Waals surface area contributed by atoms with E-state index in [2.05, 4.69) is 22.9 Å². The third-order valence-corrected chi connectivity index (χ3v) is 4.58. The van der Waals surface area contributed by atoms with E-state index in [4.69, 9.17) is 0 Å². The Labute approximate surface area is 136 Å². The zero-order valence-electron chi connectivity index (χ0n) is 13.9. The van der Waals surface area contributed by atoms with E-state index in [1.54, 1.807) is 6.92 Å². The molecule has 0 radical (unpaired) electrons. The van der Waals surface area contributed by atoms with Gasteiger partial charge in [-0.05, 0) is 31.0 Å².